The van der Waals surface area contributed by atoms with Crippen molar-refractivity contribution in [2.24, 2.45) is 0 Å². The number of likely N-dealkylation sites (N-methyl/N-ethyl adjacent to an activating group) is 1. The normalized spacial score (nSPS) is 12.6. The van der Waals surface area contributed by atoms with Crippen molar-refractivity contribution in [3.8, 4) is 0 Å². The fourth-order valence-electron chi connectivity index (χ4n) is 2.16. The van der Waals surface area contributed by atoms with Gasteiger partial charge in [-0.3, -0.25) is 9.69 Å². The van der Waals surface area contributed by atoms with E-state index < -0.39 is 12.0 Å². The third-order valence-electron chi connectivity index (χ3n) is 2.96. The van der Waals surface area contributed by atoms with E-state index >= 15 is 0 Å². The first-order chi connectivity index (χ1) is 9.86. The number of aromatic nitrogens is 1. The van der Waals surface area contributed by atoms with Crippen molar-refractivity contribution in [3.63, 3.8) is 0 Å². The molecule has 0 fully saturated rings. The van der Waals surface area contributed by atoms with E-state index in [1.807, 2.05) is 0 Å². The van der Waals surface area contributed by atoms with Crippen molar-refractivity contribution in [1.29, 1.82) is 0 Å². The molecule has 1 atom stereocenters. The Balaban J connectivity index is 2.27. The summed E-state index contributed by atoms with van der Waals surface area (Å²) in [6.45, 7) is 2.11. The molecule has 0 radical (unpaired) electrons. The number of aliphatic carboxylic acids is 1. The van der Waals surface area contributed by atoms with E-state index in [9.17, 15) is 9.90 Å². The highest BCUT2D eigenvalue weighted by Gasteiger charge is 2.26. The SMILES string of the molecule is Cc1cc(CN(C)C(C(=O)O)c2cc(Cl)cc(Cl)c2)no1. The topological polar surface area (TPSA) is 66.6 Å². The van der Waals surface area contributed by atoms with Gasteiger partial charge in [-0.25, -0.2) is 0 Å². The van der Waals surface area contributed by atoms with Gasteiger partial charge in [0.1, 0.15) is 11.8 Å². The van der Waals surface area contributed by atoms with Gasteiger partial charge in [-0.2, -0.15) is 0 Å². The molecule has 2 aromatic rings. The zero-order valence-corrected chi connectivity index (χ0v) is 13.0. The highest BCUT2D eigenvalue weighted by molar-refractivity contribution is 6.34. The summed E-state index contributed by atoms with van der Waals surface area (Å²) in [5.74, 6) is -0.313. The Bertz CT molecular complexity index is 637. The van der Waals surface area contributed by atoms with Gasteiger partial charge in [0, 0.05) is 22.7 Å². The number of nitrogens with zero attached hydrogens (tertiary/aromatic N) is 2. The monoisotopic (exact) mass is 328 g/mol. The molecule has 0 saturated heterocycles. The van der Waals surface area contributed by atoms with Crippen LogP contribution < -0.4 is 0 Å². The smallest absolute Gasteiger partial charge is 0.325 e. The van der Waals surface area contributed by atoms with E-state index in [4.69, 9.17) is 27.7 Å². The molecular weight excluding hydrogens is 315 g/mol. The molecule has 5 nitrogen and oxygen atoms in total. The van der Waals surface area contributed by atoms with Crippen LogP contribution in [0.5, 0.6) is 0 Å². The summed E-state index contributed by atoms with van der Waals surface area (Å²) in [5, 5.41) is 14.2. The first-order valence-electron chi connectivity index (χ1n) is 6.18. The molecule has 0 aliphatic rings. The summed E-state index contributed by atoms with van der Waals surface area (Å²) in [6.07, 6.45) is 0. The maximum absolute atomic E-state index is 11.6. The number of carboxylic acids is 1. The van der Waals surface area contributed by atoms with Gasteiger partial charge in [-0.15, -0.1) is 0 Å². The number of benzene rings is 1. The van der Waals surface area contributed by atoms with Gasteiger partial charge in [0.2, 0.25) is 0 Å². The minimum atomic E-state index is -0.990. The quantitative estimate of drug-likeness (QED) is 0.909. The molecule has 0 saturated carbocycles. The number of halogens is 2. The molecule has 1 unspecified atom stereocenters. The number of aryl methyl sites for hydroxylation is 1. The molecule has 7 heteroatoms. The minimum absolute atomic E-state index is 0.332. The number of hydrogen-bond acceptors (Lipinski definition) is 4. The van der Waals surface area contributed by atoms with Crippen LogP contribution in [0, 0.1) is 6.92 Å². The third kappa shape index (κ3) is 3.97. The van der Waals surface area contributed by atoms with Crippen molar-refractivity contribution >= 4 is 29.2 Å². The predicted molar refractivity (Wildman–Crippen MR) is 79.5 cm³/mol. The van der Waals surface area contributed by atoms with E-state index in [1.165, 1.54) is 0 Å². The van der Waals surface area contributed by atoms with Crippen LogP contribution in [0.4, 0.5) is 0 Å². The molecule has 0 bridgehead atoms. The summed E-state index contributed by atoms with van der Waals surface area (Å²) in [5.41, 5.74) is 1.18. The first-order valence-corrected chi connectivity index (χ1v) is 6.93. The van der Waals surface area contributed by atoms with E-state index in [1.54, 1.807) is 43.1 Å². The van der Waals surface area contributed by atoms with Gasteiger partial charge in [0.25, 0.3) is 0 Å². The van der Waals surface area contributed by atoms with Crippen LogP contribution in [0.2, 0.25) is 10.0 Å². The molecule has 0 amide bonds. The molecule has 1 N–H and O–H groups in total. The zero-order chi connectivity index (χ0) is 15.6. The van der Waals surface area contributed by atoms with Crippen LogP contribution in [0.25, 0.3) is 0 Å². The Morgan fingerprint density at radius 2 is 1.95 bits per heavy atom. The number of carboxylic acid groups (broad SMARTS) is 1. The number of hydrogen-bond donors (Lipinski definition) is 1. The Morgan fingerprint density at radius 3 is 2.43 bits per heavy atom. The van der Waals surface area contributed by atoms with Crippen LogP contribution in [0.15, 0.2) is 28.8 Å². The zero-order valence-electron chi connectivity index (χ0n) is 11.5. The molecule has 1 aromatic carbocycles. The Labute approximate surface area is 132 Å². The fraction of sp³-hybridized carbons (Fsp3) is 0.286. The van der Waals surface area contributed by atoms with Gasteiger partial charge in [0.15, 0.2) is 0 Å². The first kappa shape index (κ1) is 15.8. The second-order valence-electron chi connectivity index (χ2n) is 4.79. The molecule has 1 heterocycles. The van der Waals surface area contributed by atoms with E-state index in [0.717, 1.165) is 0 Å². The Morgan fingerprint density at radius 1 is 1.33 bits per heavy atom. The molecule has 112 valence electrons. The van der Waals surface area contributed by atoms with Crippen molar-refractivity contribution in [1.82, 2.24) is 10.1 Å². The van der Waals surface area contributed by atoms with Crippen molar-refractivity contribution in [3.05, 3.63) is 51.3 Å². The molecule has 0 aliphatic heterocycles. The van der Waals surface area contributed by atoms with E-state index in [-0.39, 0.29) is 0 Å². The lowest BCUT2D eigenvalue weighted by molar-refractivity contribution is -0.143. The van der Waals surface area contributed by atoms with Crippen molar-refractivity contribution in [2.75, 3.05) is 7.05 Å². The lowest BCUT2D eigenvalue weighted by Crippen LogP contribution is -2.30. The Kier molecular flexibility index (Phi) is 4.88. The molecular formula is C14H14Cl2N2O3. The highest BCUT2D eigenvalue weighted by atomic mass is 35.5. The maximum Gasteiger partial charge on any atom is 0.325 e. The Hall–Kier alpha value is -1.56. The standard InChI is InChI=1S/C14H14Cl2N2O3/c1-8-3-12(17-21-8)7-18(2)13(14(19)20)9-4-10(15)6-11(16)5-9/h3-6,13H,7H2,1-2H3,(H,19,20). The van der Waals surface area contributed by atoms with Gasteiger partial charge in [0.05, 0.1) is 5.69 Å². The van der Waals surface area contributed by atoms with Crippen molar-refractivity contribution < 1.29 is 14.4 Å². The van der Waals surface area contributed by atoms with Crippen molar-refractivity contribution in [2.45, 2.75) is 19.5 Å². The molecule has 0 spiro atoms. The van der Waals surface area contributed by atoms with Crippen LogP contribution in [0.1, 0.15) is 23.1 Å². The minimum Gasteiger partial charge on any atom is -0.480 e. The molecule has 21 heavy (non-hydrogen) atoms. The largest absolute Gasteiger partial charge is 0.480 e. The lowest BCUT2D eigenvalue weighted by atomic mass is 10.1. The van der Waals surface area contributed by atoms with E-state index in [0.29, 0.717) is 33.6 Å². The number of rotatable bonds is 5. The summed E-state index contributed by atoms with van der Waals surface area (Å²) >= 11 is 11.9. The number of carbonyl (C=O) groups is 1. The van der Waals surface area contributed by atoms with Crippen LogP contribution in [-0.4, -0.2) is 28.2 Å². The second kappa shape index (κ2) is 6.47. The van der Waals surface area contributed by atoms with Crippen LogP contribution >= 0.6 is 23.2 Å². The van der Waals surface area contributed by atoms with Gasteiger partial charge >= 0.3 is 5.97 Å². The molecule has 2 rings (SSSR count). The summed E-state index contributed by atoms with van der Waals surface area (Å²) in [6, 6.07) is 5.64. The highest BCUT2D eigenvalue weighted by Crippen LogP contribution is 2.27. The van der Waals surface area contributed by atoms with Crippen LogP contribution in [0.3, 0.4) is 0 Å². The second-order valence-corrected chi connectivity index (χ2v) is 5.66. The fourth-order valence-corrected chi connectivity index (χ4v) is 2.70. The van der Waals surface area contributed by atoms with Gasteiger partial charge in [-0.1, -0.05) is 28.4 Å². The average Bonchev–Trinajstić information content (AvgIpc) is 2.72. The molecule has 1 aromatic heterocycles. The van der Waals surface area contributed by atoms with Gasteiger partial charge < -0.3 is 9.63 Å². The van der Waals surface area contributed by atoms with Crippen LogP contribution in [-0.2, 0) is 11.3 Å². The predicted octanol–water partition coefficient (Wildman–Crippen LogP) is 3.55. The maximum atomic E-state index is 11.6. The summed E-state index contributed by atoms with van der Waals surface area (Å²) < 4.78 is 4.98. The lowest BCUT2D eigenvalue weighted by Gasteiger charge is -2.24. The summed E-state index contributed by atoms with van der Waals surface area (Å²) in [4.78, 5) is 13.2. The summed E-state index contributed by atoms with van der Waals surface area (Å²) in [7, 11) is 1.69. The van der Waals surface area contributed by atoms with Gasteiger partial charge in [-0.05, 0) is 37.7 Å². The third-order valence-corrected chi connectivity index (χ3v) is 3.40. The van der Waals surface area contributed by atoms with E-state index in [2.05, 4.69) is 5.16 Å². The molecule has 0 aliphatic carbocycles. The average molecular weight is 329 g/mol.